The van der Waals surface area contributed by atoms with Crippen molar-refractivity contribution < 1.29 is 19.8 Å². The lowest BCUT2D eigenvalue weighted by molar-refractivity contribution is -0.136. The van der Waals surface area contributed by atoms with Gasteiger partial charge in [-0.25, -0.2) is 4.79 Å². The molecular weight excluding hydrogens is 294 g/mol. The smallest absolute Gasteiger partial charge is 0.336 e. The number of carbonyl (C=O) groups excluding carboxylic acids is 1. The molecule has 3 N–H and O–H groups in total. The van der Waals surface area contributed by atoms with Gasteiger partial charge in [-0.3, -0.25) is 4.79 Å². The largest absolute Gasteiger partial charge is 0.478 e. The van der Waals surface area contributed by atoms with Crippen molar-refractivity contribution in [3.8, 4) is 0 Å². The molecule has 1 aromatic rings. The van der Waals surface area contributed by atoms with Crippen LogP contribution in [0.5, 0.6) is 0 Å². The first-order chi connectivity index (χ1) is 11.0. The van der Waals surface area contributed by atoms with Gasteiger partial charge in [0, 0.05) is 6.04 Å². The number of rotatable bonds is 3. The summed E-state index contributed by atoms with van der Waals surface area (Å²) in [5.41, 5.74) is -0.281. The van der Waals surface area contributed by atoms with Gasteiger partial charge >= 0.3 is 5.97 Å². The molecule has 4 aliphatic carbocycles. The van der Waals surface area contributed by atoms with Crippen LogP contribution in [-0.4, -0.2) is 33.7 Å². The number of carbonyl (C=O) groups is 2. The molecule has 2 unspecified atom stereocenters. The summed E-state index contributed by atoms with van der Waals surface area (Å²) in [6.07, 6.45) is 4.54. The van der Waals surface area contributed by atoms with E-state index in [1.165, 1.54) is 6.07 Å². The van der Waals surface area contributed by atoms with Crippen LogP contribution in [0.3, 0.4) is 0 Å². The SMILES string of the molecule is O=C(O)c1ccccc1C(=O)NC1C2CC3CC1CC(O)(C3)C2. The van der Waals surface area contributed by atoms with Crippen LogP contribution in [0.1, 0.15) is 52.8 Å². The number of amides is 1. The number of carboxylic acid groups (broad SMARTS) is 1. The van der Waals surface area contributed by atoms with Crippen LogP contribution < -0.4 is 5.32 Å². The molecule has 5 nitrogen and oxygen atoms in total. The Bertz CT molecular complexity index is 655. The Labute approximate surface area is 134 Å². The van der Waals surface area contributed by atoms with Gasteiger partial charge in [-0.1, -0.05) is 12.1 Å². The molecule has 0 aliphatic heterocycles. The fraction of sp³-hybridized carbons (Fsp3) is 0.556. The van der Waals surface area contributed by atoms with Gasteiger partial charge in [0.15, 0.2) is 0 Å². The van der Waals surface area contributed by atoms with E-state index in [-0.39, 0.29) is 23.1 Å². The minimum Gasteiger partial charge on any atom is -0.478 e. The van der Waals surface area contributed by atoms with Gasteiger partial charge in [-0.2, -0.15) is 0 Å². The topological polar surface area (TPSA) is 86.6 Å². The van der Waals surface area contributed by atoms with E-state index >= 15 is 0 Å². The number of aromatic carboxylic acids is 1. The average molecular weight is 315 g/mol. The van der Waals surface area contributed by atoms with E-state index in [2.05, 4.69) is 5.32 Å². The lowest BCUT2D eigenvalue weighted by Gasteiger charge is -2.58. The van der Waals surface area contributed by atoms with Gasteiger partial charge in [0.1, 0.15) is 0 Å². The number of hydrogen-bond acceptors (Lipinski definition) is 3. The van der Waals surface area contributed by atoms with E-state index in [0.29, 0.717) is 17.8 Å². The van der Waals surface area contributed by atoms with Crippen molar-refractivity contribution in [3.63, 3.8) is 0 Å². The summed E-state index contributed by atoms with van der Waals surface area (Å²) >= 11 is 0. The quantitative estimate of drug-likeness (QED) is 0.797. The minimum absolute atomic E-state index is 0.0347. The molecule has 1 aromatic carbocycles. The molecule has 4 aliphatic rings. The van der Waals surface area contributed by atoms with Crippen molar-refractivity contribution in [2.75, 3.05) is 0 Å². The summed E-state index contributed by atoms with van der Waals surface area (Å²) < 4.78 is 0. The molecule has 1 amide bonds. The van der Waals surface area contributed by atoms with Crippen LogP contribution in [0.4, 0.5) is 0 Å². The lowest BCUT2D eigenvalue weighted by atomic mass is 9.52. The summed E-state index contributed by atoms with van der Waals surface area (Å²) in [6.45, 7) is 0. The van der Waals surface area contributed by atoms with Crippen molar-refractivity contribution >= 4 is 11.9 Å². The molecule has 5 rings (SSSR count). The normalized spacial score (nSPS) is 37.6. The molecule has 4 fully saturated rings. The van der Waals surface area contributed by atoms with Crippen LogP contribution in [0, 0.1) is 17.8 Å². The van der Waals surface area contributed by atoms with Crippen LogP contribution in [0.25, 0.3) is 0 Å². The molecule has 0 radical (unpaired) electrons. The molecule has 2 atom stereocenters. The van der Waals surface area contributed by atoms with Crippen molar-refractivity contribution in [3.05, 3.63) is 35.4 Å². The highest BCUT2D eigenvalue weighted by atomic mass is 16.4. The highest BCUT2D eigenvalue weighted by Gasteiger charge is 2.55. The second-order valence-corrected chi connectivity index (χ2v) is 7.54. The monoisotopic (exact) mass is 315 g/mol. The number of aliphatic hydroxyl groups is 1. The van der Waals surface area contributed by atoms with E-state index in [1.807, 2.05) is 0 Å². The highest BCUT2D eigenvalue weighted by Crippen LogP contribution is 2.55. The van der Waals surface area contributed by atoms with Gasteiger partial charge in [-0.05, 0) is 62.0 Å². The molecule has 122 valence electrons. The molecule has 0 saturated heterocycles. The second kappa shape index (κ2) is 5.06. The van der Waals surface area contributed by atoms with Crippen molar-refractivity contribution in [1.82, 2.24) is 5.32 Å². The van der Waals surface area contributed by atoms with E-state index in [0.717, 1.165) is 32.1 Å². The highest BCUT2D eigenvalue weighted by molar-refractivity contribution is 6.04. The Morgan fingerprint density at radius 1 is 1.04 bits per heavy atom. The fourth-order valence-electron chi connectivity index (χ4n) is 5.31. The first-order valence-electron chi connectivity index (χ1n) is 8.31. The maximum absolute atomic E-state index is 12.6. The predicted molar refractivity (Wildman–Crippen MR) is 83.2 cm³/mol. The third-order valence-corrected chi connectivity index (χ3v) is 5.94. The van der Waals surface area contributed by atoms with Gasteiger partial charge < -0.3 is 15.5 Å². The van der Waals surface area contributed by atoms with E-state index in [1.54, 1.807) is 18.2 Å². The molecule has 4 bridgehead atoms. The number of benzene rings is 1. The van der Waals surface area contributed by atoms with Crippen molar-refractivity contribution in [1.29, 1.82) is 0 Å². The molecule has 0 spiro atoms. The maximum Gasteiger partial charge on any atom is 0.336 e. The third kappa shape index (κ3) is 2.43. The Hall–Kier alpha value is -1.88. The molecule has 0 aromatic heterocycles. The van der Waals surface area contributed by atoms with Gasteiger partial charge in [-0.15, -0.1) is 0 Å². The summed E-state index contributed by atoms with van der Waals surface area (Å²) in [5.74, 6) is -0.195. The van der Waals surface area contributed by atoms with Crippen LogP contribution >= 0.6 is 0 Å². The fourth-order valence-corrected chi connectivity index (χ4v) is 5.31. The molecule has 23 heavy (non-hydrogen) atoms. The maximum atomic E-state index is 12.6. The van der Waals surface area contributed by atoms with E-state index in [9.17, 15) is 19.8 Å². The molecular formula is C18H21NO4. The zero-order valence-corrected chi connectivity index (χ0v) is 12.9. The average Bonchev–Trinajstić information content (AvgIpc) is 2.49. The Kier molecular flexibility index (Phi) is 3.23. The zero-order chi connectivity index (χ0) is 16.2. The van der Waals surface area contributed by atoms with Gasteiger partial charge in [0.25, 0.3) is 5.91 Å². The lowest BCUT2D eigenvalue weighted by Crippen LogP contribution is -2.61. The van der Waals surface area contributed by atoms with Gasteiger partial charge in [0.05, 0.1) is 16.7 Å². The second-order valence-electron chi connectivity index (χ2n) is 7.54. The summed E-state index contributed by atoms with van der Waals surface area (Å²) in [6, 6.07) is 6.37. The number of carboxylic acids is 1. The van der Waals surface area contributed by atoms with Crippen molar-refractivity contribution in [2.45, 2.75) is 43.7 Å². The van der Waals surface area contributed by atoms with E-state index < -0.39 is 11.6 Å². The van der Waals surface area contributed by atoms with Crippen molar-refractivity contribution in [2.24, 2.45) is 17.8 Å². The Morgan fingerprint density at radius 2 is 1.65 bits per heavy atom. The zero-order valence-electron chi connectivity index (χ0n) is 12.9. The van der Waals surface area contributed by atoms with Crippen LogP contribution in [0.2, 0.25) is 0 Å². The first-order valence-corrected chi connectivity index (χ1v) is 8.31. The Morgan fingerprint density at radius 3 is 2.22 bits per heavy atom. The summed E-state index contributed by atoms with van der Waals surface area (Å²) in [7, 11) is 0. The summed E-state index contributed by atoms with van der Waals surface area (Å²) in [5, 5.41) is 22.9. The number of hydrogen-bond donors (Lipinski definition) is 3. The van der Waals surface area contributed by atoms with Crippen LogP contribution in [-0.2, 0) is 0 Å². The predicted octanol–water partition coefficient (Wildman–Crippen LogP) is 2.05. The Balaban J connectivity index is 1.55. The third-order valence-electron chi connectivity index (χ3n) is 5.94. The molecule has 4 saturated carbocycles. The standard InChI is InChI=1S/C18H21NO4/c20-16(13-3-1-2-4-14(13)17(21)22)19-15-11-5-10-6-12(15)9-18(23,7-10)8-11/h1-4,10-12,15,23H,5-9H2,(H,19,20)(H,21,22). The van der Waals surface area contributed by atoms with Gasteiger partial charge in [0.2, 0.25) is 0 Å². The molecule has 0 heterocycles. The van der Waals surface area contributed by atoms with E-state index in [4.69, 9.17) is 0 Å². The number of nitrogens with one attached hydrogen (secondary N) is 1. The first kappa shape index (κ1) is 14.7. The summed E-state index contributed by atoms with van der Waals surface area (Å²) in [4.78, 5) is 23.9. The minimum atomic E-state index is -1.09. The molecule has 5 heteroatoms. The van der Waals surface area contributed by atoms with Crippen LogP contribution in [0.15, 0.2) is 24.3 Å².